The lowest BCUT2D eigenvalue weighted by Gasteiger charge is -2.21. The van der Waals surface area contributed by atoms with Crippen molar-refractivity contribution in [2.24, 2.45) is 0 Å². The van der Waals surface area contributed by atoms with E-state index in [1.807, 2.05) is 37.3 Å². The van der Waals surface area contributed by atoms with E-state index in [-0.39, 0.29) is 30.6 Å². The van der Waals surface area contributed by atoms with Crippen LogP contribution in [0.2, 0.25) is 0 Å². The Labute approximate surface area is 175 Å². The zero-order chi connectivity index (χ0) is 21.3. The average molecular weight is 408 g/mol. The smallest absolute Gasteiger partial charge is 0.242 e. The molecule has 3 aromatic rings. The molecule has 0 saturated heterocycles. The zero-order valence-corrected chi connectivity index (χ0v) is 16.9. The van der Waals surface area contributed by atoms with Crippen molar-refractivity contribution >= 4 is 11.8 Å². The quantitative estimate of drug-likeness (QED) is 0.578. The molecule has 0 saturated carbocycles. The molecule has 1 aromatic heterocycles. The molecule has 0 aliphatic carbocycles. The van der Waals surface area contributed by atoms with Crippen LogP contribution in [0.1, 0.15) is 24.7 Å². The first kappa shape index (κ1) is 21.3. The summed E-state index contributed by atoms with van der Waals surface area (Å²) in [5.41, 5.74) is 1.43. The van der Waals surface area contributed by atoms with E-state index in [0.717, 1.165) is 5.56 Å². The Morgan fingerprint density at radius 3 is 2.47 bits per heavy atom. The third-order valence-corrected chi connectivity index (χ3v) is 4.79. The second kappa shape index (κ2) is 10.4. The van der Waals surface area contributed by atoms with Crippen molar-refractivity contribution in [1.29, 1.82) is 0 Å². The minimum atomic E-state index is -0.356. The van der Waals surface area contributed by atoms with E-state index in [4.69, 9.17) is 4.42 Å². The van der Waals surface area contributed by atoms with Gasteiger partial charge in [-0.1, -0.05) is 42.5 Å². The summed E-state index contributed by atoms with van der Waals surface area (Å²) >= 11 is 0. The van der Waals surface area contributed by atoms with Crippen molar-refractivity contribution in [3.05, 3.63) is 83.9 Å². The lowest BCUT2D eigenvalue weighted by Crippen LogP contribution is -2.39. The molecular formula is C24H25FN2O3. The van der Waals surface area contributed by atoms with E-state index in [1.54, 1.807) is 35.2 Å². The van der Waals surface area contributed by atoms with Crippen LogP contribution in [-0.4, -0.2) is 29.8 Å². The minimum absolute atomic E-state index is 0.0435. The molecule has 0 fully saturated rings. The standard InChI is InChI=1S/C24H25FN2O3/c1-2-27(17-18-8-4-3-5-9-18)24(29)16-26-23(28)15-13-19-12-14-22(30-19)20-10-6-7-11-21(20)25/h3-12,14H,2,13,15-17H2,1H3,(H,26,28). The van der Waals surface area contributed by atoms with Gasteiger partial charge < -0.3 is 14.6 Å². The number of aryl methyl sites for hydroxylation is 1. The number of nitrogens with zero attached hydrogens (tertiary/aromatic N) is 1. The summed E-state index contributed by atoms with van der Waals surface area (Å²) in [6, 6.07) is 19.5. The summed E-state index contributed by atoms with van der Waals surface area (Å²) < 4.78 is 19.5. The second-order valence-electron chi connectivity index (χ2n) is 6.92. The number of carbonyl (C=O) groups is 2. The SMILES string of the molecule is CCN(Cc1ccccc1)C(=O)CNC(=O)CCc1ccc(-c2ccccc2F)o1. The molecule has 6 heteroatoms. The first-order valence-electron chi connectivity index (χ1n) is 9.99. The molecule has 1 N–H and O–H groups in total. The molecular weight excluding hydrogens is 383 g/mol. The number of halogens is 1. The highest BCUT2D eigenvalue weighted by molar-refractivity contribution is 5.84. The topological polar surface area (TPSA) is 62.6 Å². The van der Waals surface area contributed by atoms with Gasteiger partial charge in [-0.05, 0) is 36.8 Å². The number of amides is 2. The zero-order valence-electron chi connectivity index (χ0n) is 16.9. The van der Waals surface area contributed by atoms with E-state index in [9.17, 15) is 14.0 Å². The molecule has 0 aliphatic heterocycles. The van der Waals surface area contributed by atoms with Gasteiger partial charge in [-0.25, -0.2) is 4.39 Å². The summed E-state index contributed by atoms with van der Waals surface area (Å²) in [7, 11) is 0. The summed E-state index contributed by atoms with van der Waals surface area (Å²) in [5, 5.41) is 2.67. The van der Waals surface area contributed by atoms with Crippen molar-refractivity contribution in [2.75, 3.05) is 13.1 Å². The van der Waals surface area contributed by atoms with E-state index < -0.39 is 0 Å². The van der Waals surface area contributed by atoms with Gasteiger partial charge in [0, 0.05) is 25.9 Å². The molecule has 0 atom stereocenters. The Bertz CT molecular complexity index is 985. The Hall–Kier alpha value is -3.41. The molecule has 0 aliphatic rings. The number of benzene rings is 2. The van der Waals surface area contributed by atoms with Crippen LogP contribution in [0.5, 0.6) is 0 Å². The maximum absolute atomic E-state index is 13.8. The predicted molar refractivity (Wildman–Crippen MR) is 113 cm³/mol. The maximum Gasteiger partial charge on any atom is 0.242 e. The summed E-state index contributed by atoms with van der Waals surface area (Å²) in [6.45, 7) is 2.94. The second-order valence-corrected chi connectivity index (χ2v) is 6.92. The molecule has 2 amide bonds. The van der Waals surface area contributed by atoms with Crippen LogP contribution < -0.4 is 5.32 Å². The van der Waals surface area contributed by atoms with Crippen molar-refractivity contribution in [1.82, 2.24) is 10.2 Å². The molecule has 0 bridgehead atoms. The lowest BCUT2D eigenvalue weighted by molar-refractivity contribution is -0.133. The van der Waals surface area contributed by atoms with Crippen LogP contribution in [0, 0.1) is 5.82 Å². The molecule has 30 heavy (non-hydrogen) atoms. The Balaban J connectivity index is 1.45. The van der Waals surface area contributed by atoms with Crippen LogP contribution in [0.15, 0.2) is 71.1 Å². The fourth-order valence-electron chi connectivity index (χ4n) is 3.11. The molecule has 2 aromatic carbocycles. The minimum Gasteiger partial charge on any atom is -0.461 e. The fraction of sp³-hybridized carbons (Fsp3) is 0.250. The number of hydrogen-bond acceptors (Lipinski definition) is 3. The number of nitrogens with one attached hydrogen (secondary N) is 1. The monoisotopic (exact) mass is 408 g/mol. The third kappa shape index (κ3) is 5.80. The van der Waals surface area contributed by atoms with Gasteiger partial charge in [0.05, 0.1) is 12.1 Å². The summed E-state index contributed by atoms with van der Waals surface area (Å²) in [4.78, 5) is 26.2. The van der Waals surface area contributed by atoms with Gasteiger partial charge in [-0.15, -0.1) is 0 Å². The van der Waals surface area contributed by atoms with E-state index in [2.05, 4.69) is 5.32 Å². The van der Waals surface area contributed by atoms with Crippen molar-refractivity contribution in [3.8, 4) is 11.3 Å². The summed E-state index contributed by atoms with van der Waals surface area (Å²) in [6.07, 6.45) is 0.554. The number of hydrogen-bond donors (Lipinski definition) is 1. The van der Waals surface area contributed by atoms with Crippen molar-refractivity contribution < 1.29 is 18.4 Å². The lowest BCUT2D eigenvalue weighted by atomic mass is 10.1. The summed E-state index contributed by atoms with van der Waals surface area (Å²) in [5.74, 6) is 0.301. The van der Waals surface area contributed by atoms with Crippen LogP contribution in [0.4, 0.5) is 4.39 Å². The molecule has 0 unspecified atom stereocenters. The number of furan rings is 1. The van der Waals surface area contributed by atoms with Gasteiger partial charge in [0.25, 0.3) is 0 Å². The highest BCUT2D eigenvalue weighted by Gasteiger charge is 2.14. The highest BCUT2D eigenvalue weighted by atomic mass is 19.1. The third-order valence-electron chi connectivity index (χ3n) is 4.79. The van der Waals surface area contributed by atoms with Crippen molar-refractivity contribution in [3.63, 3.8) is 0 Å². The number of carbonyl (C=O) groups excluding carboxylic acids is 2. The fourth-order valence-corrected chi connectivity index (χ4v) is 3.11. The molecule has 1 heterocycles. The first-order chi connectivity index (χ1) is 14.6. The van der Waals surface area contributed by atoms with Crippen LogP contribution in [0.3, 0.4) is 0 Å². The molecule has 5 nitrogen and oxygen atoms in total. The molecule has 156 valence electrons. The van der Waals surface area contributed by atoms with Gasteiger partial charge in [0.1, 0.15) is 17.3 Å². The van der Waals surface area contributed by atoms with Crippen molar-refractivity contribution in [2.45, 2.75) is 26.3 Å². The highest BCUT2D eigenvalue weighted by Crippen LogP contribution is 2.25. The van der Waals surface area contributed by atoms with Gasteiger partial charge >= 0.3 is 0 Å². The first-order valence-corrected chi connectivity index (χ1v) is 9.99. The normalized spacial score (nSPS) is 10.6. The number of likely N-dealkylation sites (N-methyl/N-ethyl adjacent to an activating group) is 1. The Morgan fingerprint density at radius 1 is 1.00 bits per heavy atom. The number of rotatable bonds is 9. The molecule has 0 spiro atoms. The Morgan fingerprint density at radius 2 is 1.73 bits per heavy atom. The van der Waals surface area contributed by atoms with Gasteiger partial charge in [0.15, 0.2) is 0 Å². The van der Waals surface area contributed by atoms with Gasteiger partial charge in [-0.2, -0.15) is 0 Å². The Kier molecular flexibility index (Phi) is 7.38. The van der Waals surface area contributed by atoms with Crippen LogP contribution in [-0.2, 0) is 22.6 Å². The van der Waals surface area contributed by atoms with Gasteiger partial charge in [0.2, 0.25) is 11.8 Å². The van der Waals surface area contributed by atoms with Gasteiger partial charge in [-0.3, -0.25) is 9.59 Å². The largest absolute Gasteiger partial charge is 0.461 e. The van der Waals surface area contributed by atoms with E-state index in [0.29, 0.717) is 36.6 Å². The maximum atomic E-state index is 13.8. The predicted octanol–water partition coefficient (Wildman–Crippen LogP) is 4.18. The van der Waals surface area contributed by atoms with E-state index in [1.165, 1.54) is 6.07 Å². The van der Waals surface area contributed by atoms with Crippen LogP contribution >= 0.6 is 0 Å². The average Bonchev–Trinajstić information content (AvgIpc) is 3.24. The van der Waals surface area contributed by atoms with Crippen LogP contribution in [0.25, 0.3) is 11.3 Å². The van der Waals surface area contributed by atoms with E-state index >= 15 is 0 Å². The molecule has 3 rings (SSSR count). The molecule has 0 radical (unpaired) electrons.